The number of nitrogens with zero attached hydrogens (tertiary/aromatic N) is 2. The summed E-state index contributed by atoms with van der Waals surface area (Å²) < 4.78 is 5.86. The summed E-state index contributed by atoms with van der Waals surface area (Å²) in [6.45, 7) is 6.60. The summed E-state index contributed by atoms with van der Waals surface area (Å²) in [6, 6.07) is 5.88. The monoisotopic (exact) mass is 272 g/mol. The van der Waals surface area contributed by atoms with E-state index < -0.39 is 0 Å². The fraction of sp³-hybridized carbons (Fsp3) is 0.333. The van der Waals surface area contributed by atoms with E-state index in [2.05, 4.69) is 11.1 Å². The Morgan fingerprint density at radius 1 is 1.26 bits per heavy atom. The molecule has 3 nitrogen and oxygen atoms in total. The Balaban J connectivity index is 2.04. The molecule has 1 heterocycles. The third-order valence-corrected chi connectivity index (χ3v) is 4.00. The highest BCUT2D eigenvalue weighted by Crippen LogP contribution is 2.25. The van der Waals surface area contributed by atoms with Gasteiger partial charge in [-0.05, 0) is 44.0 Å². The quantitative estimate of drug-likeness (QED) is 0.855. The van der Waals surface area contributed by atoms with E-state index in [1.54, 1.807) is 11.3 Å². The van der Waals surface area contributed by atoms with Gasteiger partial charge in [-0.25, -0.2) is 4.98 Å². The standard InChI is InChI=1S/C15H16N2OS/c1-10-6-13(8-16)7-11(2)15(10)18-5-4-14-12(3)17-9-19-14/h6-7,9H,4-5H2,1-3H3. The van der Waals surface area contributed by atoms with E-state index in [0.29, 0.717) is 12.2 Å². The van der Waals surface area contributed by atoms with Crippen LogP contribution < -0.4 is 4.74 Å². The molecule has 4 heteroatoms. The fourth-order valence-corrected chi connectivity index (χ4v) is 2.82. The normalized spacial score (nSPS) is 10.2. The van der Waals surface area contributed by atoms with E-state index in [-0.39, 0.29) is 0 Å². The molecule has 19 heavy (non-hydrogen) atoms. The van der Waals surface area contributed by atoms with Crippen LogP contribution in [0.15, 0.2) is 17.6 Å². The van der Waals surface area contributed by atoms with Crippen LogP contribution in [0.3, 0.4) is 0 Å². The van der Waals surface area contributed by atoms with E-state index in [1.807, 2.05) is 38.4 Å². The van der Waals surface area contributed by atoms with Crippen molar-refractivity contribution in [3.8, 4) is 11.8 Å². The predicted molar refractivity (Wildman–Crippen MR) is 76.7 cm³/mol. The molecule has 1 aromatic heterocycles. The highest BCUT2D eigenvalue weighted by atomic mass is 32.1. The van der Waals surface area contributed by atoms with Crippen molar-refractivity contribution in [3.63, 3.8) is 0 Å². The lowest BCUT2D eigenvalue weighted by Gasteiger charge is -2.12. The molecule has 0 saturated carbocycles. The molecule has 2 rings (SSSR count). The number of aryl methyl sites for hydroxylation is 3. The van der Waals surface area contributed by atoms with Gasteiger partial charge in [-0.15, -0.1) is 11.3 Å². The Hall–Kier alpha value is -1.86. The van der Waals surface area contributed by atoms with Crippen LogP contribution in [0.25, 0.3) is 0 Å². The average molecular weight is 272 g/mol. The second kappa shape index (κ2) is 5.85. The number of ether oxygens (including phenoxy) is 1. The molecule has 0 N–H and O–H groups in total. The highest BCUT2D eigenvalue weighted by molar-refractivity contribution is 7.09. The van der Waals surface area contributed by atoms with Crippen LogP contribution in [0, 0.1) is 32.1 Å². The van der Waals surface area contributed by atoms with Gasteiger partial charge in [0.15, 0.2) is 0 Å². The predicted octanol–water partition coefficient (Wildman–Crippen LogP) is 3.56. The Kier molecular flexibility index (Phi) is 4.18. The van der Waals surface area contributed by atoms with Crippen molar-refractivity contribution in [3.05, 3.63) is 44.9 Å². The smallest absolute Gasteiger partial charge is 0.125 e. The number of hydrogen-bond acceptors (Lipinski definition) is 4. The summed E-state index contributed by atoms with van der Waals surface area (Å²) in [5, 5.41) is 8.91. The van der Waals surface area contributed by atoms with Crippen LogP contribution in [-0.4, -0.2) is 11.6 Å². The zero-order valence-electron chi connectivity index (χ0n) is 11.4. The molecular weight excluding hydrogens is 256 g/mol. The molecule has 0 aliphatic rings. The van der Waals surface area contributed by atoms with Gasteiger partial charge in [-0.1, -0.05) is 0 Å². The van der Waals surface area contributed by atoms with Crippen molar-refractivity contribution in [2.45, 2.75) is 27.2 Å². The number of nitriles is 1. The number of thiazole rings is 1. The maximum absolute atomic E-state index is 8.91. The third-order valence-electron chi connectivity index (χ3n) is 3.01. The summed E-state index contributed by atoms with van der Waals surface area (Å²) in [4.78, 5) is 5.49. The molecule has 0 unspecified atom stereocenters. The average Bonchev–Trinajstić information content (AvgIpc) is 2.78. The van der Waals surface area contributed by atoms with Gasteiger partial charge in [-0.3, -0.25) is 0 Å². The lowest BCUT2D eigenvalue weighted by molar-refractivity contribution is 0.318. The number of benzene rings is 1. The van der Waals surface area contributed by atoms with Gasteiger partial charge in [0.1, 0.15) is 5.75 Å². The maximum Gasteiger partial charge on any atom is 0.125 e. The van der Waals surface area contributed by atoms with E-state index in [1.165, 1.54) is 4.88 Å². The highest BCUT2D eigenvalue weighted by Gasteiger charge is 2.07. The topological polar surface area (TPSA) is 45.9 Å². The second-order valence-electron chi connectivity index (χ2n) is 4.51. The van der Waals surface area contributed by atoms with Crippen molar-refractivity contribution < 1.29 is 4.74 Å². The van der Waals surface area contributed by atoms with Gasteiger partial charge in [0.25, 0.3) is 0 Å². The van der Waals surface area contributed by atoms with Crippen LogP contribution in [0.4, 0.5) is 0 Å². The lowest BCUT2D eigenvalue weighted by atomic mass is 10.1. The van der Waals surface area contributed by atoms with Crippen LogP contribution >= 0.6 is 11.3 Å². The molecule has 1 aromatic carbocycles. The molecule has 0 bridgehead atoms. The summed E-state index contributed by atoms with van der Waals surface area (Å²) >= 11 is 1.66. The van der Waals surface area contributed by atoms with E-state index >= 15 is 0 Å². The first kappa shape index (κ1) is 13.6. The van der Waals surface area contributed by atoms with E-state index in [4.69, 9.17) is 10.00 Å². The third kappa shape index (κ3) is 3.12. The SMILES string of the molecule is Cc1cc(C#N)cc(C)c1OCCc1scnc1C. The van der Waals surface area contributed by atoms with Crippen LogP contribution in [0.1, 0.15) is 27.3 Å². The number of hydrogen-bond donors (Lipinski definition) is 0. The van der Waals surface area contributed by atoms with Crippen molar-refractivity contribution in [1.82, 2.24) is 4.98 Å². The van der Waals surface area contributed by atoms with E-state index in [0.717, 1.165) is 29.0 Å². The number of rotatable bonds is 4. The summed E-state index contributed by atoms with van der Waals surface area (Å²) in [5.74, 6) is 0.890. The second-order valence-corrected chi connectivity index (χ2v) is 5.45. The first-order valence-corrected chi connectivity index (χ1v) is 7.03. The maximum atomic E-state index is 8.91. The first-order valence-electron chi connectivity index (χ1n) is 6.15. The zero-order valence-corrected chi connectivity index (χ0v) is 12.2. The molecule has 0 spiro atoms. The molecule has 0 aliphatic heterocycles. The molecule has 0 saturated heterocycles. The Morgan fingerprint density at radius 3 is 2.47 bits per heavy atom. The summed E-state index contributed by atoms with van der Waals surface area (Å²) in [6.07, 6.45) is 0.870. The van der Waals surface area contributed by atoms with Crippen molar-refractivity contribution in [2.24, 2.45) is 0 Å². The van der Waals surface area contributed by atoms with Gasteiger partial charge in [0, 0.05) is 11.3 Å². The minimum Gasteiger partial charge on any atom is -0.493 e. The number of aromatic nitrogens is 1. The van der Waals surface area contributed by atoms with Crippen molar-refractivity contribution in [2.75, 3.05) is 6.61 Å². The van der Waals surface area contributed by atoms with Gasteiger partial charge >= 0.3 is 0 Å². The van der Waals surface area contributed by atoms with Gasteiger partial charge in [0.05, 0.1) is 29.4 Å². The van der Waals surface area contributed by atoms with Gasteiger partial charge in [-0.2, -0.15) is 5.26 Å². The van der Waals surface area contributed by atoms with Crippen LogP contribution in [0.2, 0.25) is 0 Å². The molecule has 0 radical (unpaired) electrons. The van der Waals surface area contributed by atoms with Crippen LogP contribution in [0.5, 0.6) is 5.75 Å². The fourth-order valence-electron chi connectivity index (χ4n) is 2.05. The molecule has 0 fully saturated rings. The molecule has 0 amide bonds. The first-order chi connectivity index (χ1) is 9.11. The van der Waals surface area contributed by atoms with Crippen LogP contribution in [-0.2, 0) is 6.42 Å². The van der Waals surface area contributed by atoms with Gasteiger partial charge in [0.2, 0.25) is 0 Å². The Morgan fingerprint density at radius 2 is 1.95 bits per heavy atom. The molecule has 0 atom stereocenters. The largest absolute Gasteiger partial charge is 0.493 e. The molecule has 0 aliphatic carbocycles. The van der Waals surface area contributed by atoms with E-state index in [9.17, 15) is 0 Å². The molecule has 98 valence electrons. The van der Waals surface area contributed by atoms with Crippen molar-refractivity contribution in [1.29, 1.82) is 5.26 Å². The van der Waals surface area contributed by atoms with Crippen molar-refractivity contribution >= 4 is 11.3 Å². The Bertz CT molecular complexity index is 602. The zero-order chi connectivity index (χ0) is 13.8. The Labute approximate surface area is 117 Å². The molecule has 2 aromatic rings. The molecular formula is C15H16N2OS. The minimum atomic E-state index is 0.636. The lowest BCUT2D eigenvalue weighted by Crippen LogP contribution is -2.04. The summed E-state index contributed by atoms with van der Waals surface area (Å²) in [5.41, 5.74) is 5.65. The van der Waals surface area contributed by atoms with Gasteiger partial charge < -0.3 is 4.74 Å². The minimum absolute atomic E-state index is 0.636. The summed E-state index contributed by atoms with van der Waals surface area (Å²) in [7, 11) is 0.